The van der Waals surface area contributed by atoms with Crippen LogP contribution in [0.5, 0.6) is 0 Å². The molecule has 0 aliphatic rings. The number of rotatable bonds is 4. The van der Waals surface area contributed by atoms with E-state index in [1.54, 1.807) is 0 Å². The Balaban J connectivity index is 5.85. The molecule has 0 amide bonds. The molecule has 134 valence electrons. The molecule has 0 aromatic heterocycles. The van der Waals surface area contributed by atoms with Gasteiger partial charge in [-0.15, -0.1) is 13.2 Å². The van der Waals surface area contributed by atoms with E-state index in [9.17, 15) is 57.1 Å². The van der Waals surface area contributed by atoms with Gasteiger partial charge in [0.15, 0.2) is 0 Å². The normalized spacial score (nSPS) is 20.5. The molecule has 0 saturated carbocycles. The first kappa shape index (κ1) is 21.7. The average Bonchev–Trinajstić information content (AvgIpc) is 2.08. The highest BCUT2D eigenvalue weighted by Crippen LogP contribution is 2.54. The lowest BCUT2D eigenvalue weighted by Gasteiger charge is -2.36. The molecule has 0 radical (unpaired) electrons. The molecule has 0 aromatic rings. The molecule has 2 atom stereocenters. The third-order valence-electron chi connectivity index (χ3n) is 1.58. The summed E-state index contributed by atoms with van der Waals surface area (Å²) in [5, 5.41) is 0. The Morgan fingerprint density at radius 2 is 0.909 bits per heavy atom. The van der Waals surface area contributed by atoms with Crippen LogP contribution in [-0.4, -0.2) is 34.5 Å². The van der Waals surface area contributed by atoms with Crippen LogP contribution in [0.1, 0.15) is 0 Å². The van der Waals surface area contributed by atoms with Crippen molar-refractivity contribution in [3.63, 3.8) is 0 Å². The van der Waals surface area contributed by atoms with Crippen LogP contribution in [0.3, 0.4) is 0 Å². The summed E-state index contributed by atoms with van der Waals surface area (Å²) < 4.78 is 156. The second-order valence-corrected chi connectivity index (χ2v) is 4.66. The summed E-state index contributed by atoms with van der Waals surface area (Å²) in [4.78, 5) is 0. The molecule has 0 N–H and O–H groups in total. The Morgan fingerprint density at radius 1 is 0.545 bits per heavy atom. The maximum absolute atomic E-state index is 13.0. The summed E-state index contributed by atoms with van der Waals surface area (Å²) in [6.45, 7) is 0. The Labute approximate surface area is 124 Å². The molecule has 0 aliphatic heterocycles. The first-order valence-electron chi connectivity index (χ1n) is 4.21. The second kappa shape index (κ2) is 5.67. The molecule has 16 heteroatoms. The third kappa shape index (κ3) is 4.62. The summed E-state index contributed by atoms with van der Waals surface area (Å²) in [7, 11) is 0. The zero-order valence-corrected chi connectivity index (χ0v) is 11.3. The largest absolute Gasteiger partial charge is 0.525 e. The molecular weight excluding hydrogens is 478 g/mol. The molecule has 0 bridgehead atoms. The molecule has 0 aliphatic carbocycles. The highest BCUT2D eigenvalue weighted by atomic mass is 127. The lowest BCUT2D eigenvalue weighted by molar-refractivity contribution is -0.534. The average molecular weight is 478 g/mol. The van der Waals surface area contributed by atoms with Gasteiger partial charge in [-0.1, -0.05) is 0 Å². The van der Waals surface area contributed by atoms with E-state index in [0.29, 0.717) is 0 Å². The van der Waals surface area contributed by atoms with Crippen LogP contribution in [0.15, 0.2) is 0 Å². The van der Waals surface area contributed by atoms with Crippen molar-refractivity contribution in [3.05, 3.63) is 0 Å². The Morgan fingerprint density at radius 3 is 1.14 bits per heavy atom. The summed E-state index contributed by atoms with van der Waals surface area (Å²) in [6, 6.07) is 0. The maximum atomic E-state index is 13.0. The lowest BCUT2D eigenvalue weighted by atomic mass is 10.2. The van der Waals surface area contributed by atoms with Gasteiger partial charge >= 0.3 is 34.5 Å². The van der Waals surface area contributed by atoms with Crippen LogP contribution >= 0.6 is 22.6 Å². The van der Waals surface area contributed by atoms with E-state index in [1.807, 2.05) is 4.74 Å². The van der Waals surface area contributed by atoms with Gasteiger partial charge in [0.05, 0.1) is 0 Å². The third-order valence-corrected chi connectivity index (χ3v) is 2.41. The van der Waals surface area contributed by atoms with E-state index < -0.39 is 57.1 Å². The van der Waals surface area contributed by atoms with Gasteiger partial charge in [0.1, 0.15) is 0 Å². The SMILES string of the molecule is FC(F)(F)OC(F)(C(F)(F)F)C(F)(F)OC(F)(I)C(F)(F)F. The van der Waals surface area contributed by atoms with Crippen molar-refractivity contribution >= 4 is 22.6 Å². The summed E-state index contributed by atoms with van der Waals surface area (Å²) in [5.74, 6) is -7.13. The fourth-order valence-corrected chi connectivity index (χ4v) is 1.00. The Hall–Kier alpha value is -0.260. The van der Waals surface area contributed by atoms with Crippen molar-refractivity contribution in [3.8, 4) is 0 Å². The maximum Gasteiger partial charge on any atom is 0.525 e. The Bertz CT molecular complexity index is 395. The Kier molecular flexibility index (Phi) is 5.61. The zero-order valence-electron chi connectivity index (χ0n) is 9.11. The van der Waals surface area contributed by atoms with E-state index in [4.69, 9.17) is 0 Å². The minimum atomic E-state index is -7.23. The quantitative estimate of drug-likeness (QED) is 0.323. The van der Waals surface area contributed by atoms with Crippen molar-refractivity contribution in [1.29, 1.82) is 0 Å². The van der Waals surface area contributed by atoms with Gasteiger partial charge in [0.2, 0.25) is 0 Å². The van der Waals surface area contributed by atoms with E-state index in [0.717, 1.165) is 0 Å². The number of hydrogen-bond acceptors (Lipinski definition) is 2. The van der Waals surface area contributed by atoms with Gasteiger partial charge in [-0.05, 0) is 0 Å². The number of hydrogen-bond donors (Lipinski definition) is 0. The van der Waals surface area contributed by atoms with Crippen molar-refractivity contribution in [2.24, 2.45) is 0 Å². The van der Waals surface area contributed by atoms with Crippen LogP contribution in [0.4, 0.5) is 57.1 Å². The van der Waals surface area contributed by atoms with Crippen LogP contribution in [-0.2, 0) is 9.47 Å². The second-order valence-electron chi connectivity index (χ2n) is 3.27. The van der Waals surface area contributed by atoms with Crippen molar-refractivity contribution in [1.82, 2.24) is 0 Å². The van der Waals surface area contributed by atoms with E-state index in [1.165, 1.54) is 4.74 Å². The van der Waals surface area contributed by atoms with Crippen LogP contribution in [0, 0.1) is 0 Å². The molecule has 0 rings (SSSR count). The highest BCUT2D eigenvalue weighted by molar-refractivity contribution is 14.1. The molecule has 0 aromatic carbocycles. The minimum Gasteiger partial charge on any atom is -0.262 e. The number of ether oxygens (including phenoxy) is 2. The molecular formula is C6F13IO2. The van der Waals surface area contributed by atoms with E-state index >= 15 is 0 Å². The fraction of sp³-hybridized carbons (Fsp3) is 1.00. The van der Waals surface area contributed by atoms with E-state index in [2.05, 4.69) is 0 Å². The first-order valence-corrected chi connectivity index (χ1v) is 5.29. The monoisotopic (exact) mass is 478 g/mol. The van der Waals surface area contributed by atoms with Crippen molar-refractivity contribution in [2.45, 2.75) is 34.5 Å². The molecule has 0 heterocycles. The topological polar surface area (TPSA) is 18.5 Å². The summed E-state index contributed by atoms with van der Waals surface area (Å²) >= 11 is -0.652. The van der Waals surface area contributed by atoms with Gasteiger partial charge in [0.25, 0.3) is 0 Å². The lowest BCUT2D eigenvalue weighted by Crippen LogP contribution is -2.63. The van der Waals surface area contributed by atoms with Gasteiger partial charge in [-0.25, -0.2) is 4.74 Å². The van der Waals surface area contributed by atoms with Gasteiger partial charge in [0, 0.05) is 22.6 Å². The van der Waals surface area contributed by atoms with Crippen molar-refractivity contribution < 1.29 is 66.5 Å². The summed E-state index contributed by atoms with van der Waals surface area (Å²) in [5.41, 5.74) is 0. The predicted molar refractivity (Wildman–Crippen MR) is 47.0 cm³/mol. The molecule has 22 heavy (non-hydrogen) atoms. The molecule has 0 saturated heterocycles. The first-order chi connectivity index (χ1) is 9.16. The number of alkyl halides is 14. The van der Waals surface area contributed by atoms with Crippen LogP contribution in [0.2, 0.25) is 0 Å². The molecule has 0 fully saturated rings. The molecule has 0 spiro atoms. The van der Waals surface area contributed by atoms with Gasteiger partial charge in [-0.2, -0.15) is 43.9 Å². The van der Waals surface area contributed by atoms with Gasteiger partial charge < -0.3 is 0 Å². The van der Waals surface area contributed by atoms with Crippen LogP contribution in [0.25, 0.3) is 0 Å². The fourth-order valence-electron chi connectivity index (χ4n) is 0.726. The highest BCUT2D eigenvalue weighted by Gasteiger charge is 2.80. The standard InChI is InChI=1S/C6F13IO2/c7-1(2(8,9)10,21-6(17,18)19)4(14,15)22-5(16,20)3(11,12)13. The van der Waals surface area contributed by atoms with Crippen molar-refractivity contribution in [2.75, 3.05) is 0 Å². The van der Waals surface area contributed by atoms with Gasteiger partial charge in [-0.3, -0.25) is 4.74 Å². The zero-order chi connectivity index (χ0) is 18.4. The predicted octanol–water partition coefficient (Wildman–Crippen LogP) is 4.98. The smallest absolute Gasteiger partial charge is 0.262 e. The number of halogens is 14. The van der Waals surface area contributed by atoms with Crippen LogP contribution < -0.4 is 0 Å². The minimum absolute atomic E-state index is 0.652. The van der Waals surface area contributed by atoms with E-state index in [-0.39, 0.29) is 0 Å². The summed E-state index contributed by atoms with van der Waals surface area (Å²) in [6.07, 6.45) is -27.4. The molecule has 2 unspecified atom stereocenters. The molecule has 2 nitrogen and oxygen atoms in total.